The summed E-state index contributed by atoms with van der Waals surface area (Å²) in [4.78, 5) is 3.17. The predicted octanol–water partition coefficient (Wildman–Crippen LogP) is 3.47. The van der Waals surface area contributed by atoms with Crippen molar-refractivity contribution in [2.24, 2.45) is 0 Å². The summed E-state index contributed by atoms with van der Waals surface area (Å²) in [6.45, 7) is 0.932. The van der Waals surface area contributed by atoms with Gasteiger partial charge in [0.1, 0.15) is 6.07 Å². The fraction of sp³-hybridized carbons (Fsp3) is 0.385. The van der Waals surface area contributed by atoms with E-state index in [9.17, 15) is 0 Å². The SMILES string of the molecule is CSC1(Cn2c(=S)[nH]c3c(C#N)cccc32)CC1. The van der Waals surface area contributed by atoms with Gasteiger partial charge >= 0.3 is 0 Å². The third-order valence-electron chi connectivity index (χ3n) is 3.62. The van der Waals surface area contributed by atoms with Crippen LogP contribution in [0.25, 0.3) is 11.0 Å². The van der Waals surface area contributed by atoms with Crippen molar-refractivity contribution in [2.75, 3.05) is 6.26 Å². The summed E-state index contributed by atoms with van der Waals surface area (Å²) >= 11 is 7.31. The third kappa shape index (κ3) is 1.76. The van der Waals surface area contributed by atoms with E-state index >= 15 is 0 Å². The number of benzene rings is 1. The fourth-order valence-electron chi connectivity index (χ4n) is 2.28. The first kappa shape index (κ1) is 11.8. The smallest absolute Gasteiger partial charge is 0.178 e. The molecule has 3 rings (SSSR count). The maximum absolute atomic E-state index is 9.11. The van der Waals surface area contributed by atoms with E-state index in [2.05, 4.69) is 21.9 Å². The zero-order valence-electron chi connectivity index (χ0n) is 10.1. The molecular formula is C13H13N3S2. The lowest BCUT2D eigenvalue weighted by atomic mass is 10.2. The molecule has 0 aliphatic heterocycles. The van der Waals surface area contributed by atoms with Gasteiger partial charge in [-0.15, -0.1) is 0 Å². The van der Waals surface area contributed by atoms with Gasteiger partial charge < -0.3 is 9.55 Å². The zero-order chi connectivity index (χ0) is 12.8. The maximum Gasteiger partial charge on any atom is 0.178 e. The monoisotopic (exact) mass is 275 g/mol. The van der Waals surface area contributed by atoms with E-state index in [1.165, 1.54) is 12.8 Å². The van der Waals surface area contributed by atoms with Gasteiger partial charge in [0.05, 0.1) is 16.6 Å². The largest absolute Gasteiger partial charge is 0.329 e. The lowest BCUT2D eigenvalue weighted by Crippen LogP contribution is -2.13. The lowest BCUT2D eigenvalue weighted by molar-refractivity contribution is 0.670. The molecule has 0 radical (unpaired) electrons. The number of imidazole rings is 1. The molecule has 0 saturated heterocycles. The fourth-order valence-corrected chi connectivity index (χ4v) is 3.32. The summed E-state index contributed by atoms with van der Waals surface area (Å²) in [5.74, 6) is 0. The molecule has 1 aromatic carbocycles. The number of hydrogen-bond acceptors (Lipinski definition) is 3. The van der Waals surface area contributed by atoms with E-state index in [1.54, 1.807) is 0 Å². The molecule has 0 unspecified atom stereocenters. The highest BCUT2D eigenvalue weighted by Crippen LogP contribution is 2.48. The number of fused-ring (bicyclic) bond motifs is 1. The predicted molar refractivity (Wildman–Crippen MR) is 77.3 cm³/mol. The first-order valence-corrected chi connectivity index (χ1v) is 7.49. The zero-order valence-corrected chi connectivity index (χ0v) is 11.7. The van der Waals surface area contributed by atoms with E-state index in [1.807, 2.05) is 30.0 Å². The highest BCUT2D eigenvalue weighted by Gasteiger charge is 2.42. The van der Waals surface area contributed by atoms with Crippen molar-refractivity contribution in [2.45, 2.75) is 24.1 Å². The molecule has 0 bridgehead atoms. The van der Waals surface area contributed by atoms with Crippen LogP contribution in [-0.4, -0.2) is 20.6 Å². The molecule has 2 aromatic rings. The topological polar surface area (TPSA) is 44.5 Å². The van der Waals surface area contributed by atoms with Gasteiger partial charge in [-0.05, 0) is 43.4 Å². The Morgan fingerprint density at radius 1 is 1.56 bits per heavy atom. The molecule has 1 N–H and O–H groups in total. The number of para-hydroxylation sites is 1. The average Bonchev–Trinajstić information content (AvgIpc) is 3.10. The quantitative estimate of drug-likeness (QED) is 0.872. The van der Waals surface area contributed by atoms with Crippen LogP contribution in [-0.2, 0) is 6.54 Å². The van der Waals surface area contributed by atoms with Crippen molar-refractivity contribution in [1.82, 2.24) is 9.55 Å². The molecule has 1 aliphatic rings. The summed E-state index contributed by atoms with van der Waals surface area (Å²) < 4.78 is 3.21. The number of nitrogens with one attached hydrogen (secondary N) is 1. The van der Waals surface area contributed by atoms with Gasteiger partial charge in [-0.3, -0.25) is 0 Å². The van der Waals surface area contributed by atoms with E-state index in [4.69, 9.17) is 17.5 Å². The Morgan fingerprint density at radius 2 is 2.33 bits per heavy atom. The number of nitrogens with zero attached hydrogens (tertiary/aromatic N) is 2. The molecular weight excluding hydrogens is 262 g/mol. The third-order valence-corrected chi connectivity index (χ3v) is 5.34. The molecule has 1 heterocycles. The number of nitriles is 1. The van der Waals surface area contributed by atoms with Crippen molar-refractivity contribution in [3.8, 4) is 6.07 Å². The Balaban J connectivity index is 2.15. The minimum atomic E-state index is 0.357. The maximum atomic E-state index is 9.11. The second kappa shape index (κ2) is 4.15. The first-order chi connectivity index (χ1) is 8.69. The minimum absolute atomic E-state index is 0.357. The summed E-state index contributed by atoms with van der Waals surface area (Å²) in [5.41, 5.74) is 2.56. The Bertz CT molecular complexity index is 701. The number of aromatic nitrogens is 2. The van der Waals surface area contributed by atoms with E-state index in [0.717, 1.165) is 17.6 Å². The van der Waals surface area contributed by atoms with Gasteiger partial charge in [0.2, 0.25) is 0 Å². The first-order valence-electron chi connectivity index (χ1n) is 5.86. The van der Waals surface area contributed by atoms with E-state index < -0.39 is 0 Å². The standard InChI is InChI=1S/C13H13N3S2/c1-18-13(5-6-13)8-16-10-4-2-3-9(7-14)11(10)15-12(16)17/h2-4H,5-6,8H2,1H3,(H,15,17). The highest BCUT2D eigenvalue weighted by atomic mass is 32.2. The molecule has 0 spiro atoms. The van der Waals surface area contributed by atoms with Gasteiger partial charge in [0.25, 0.3) is 0 Å². The molecule has 1 aromatic heterocycles. The van der Waals surface area contributed by atoms with Crippen LogP contribution in [0.15, 0.2) is 18.2 Å². The van der Waals surface area contributed by atoms with Crippen LogP contribution in [0.5, 0.6) is 0 Å². The van der Waals surface area contributed by atoms with Crippen molar-refractivity contribution < 1.29 is 0 Å². The summed E-state index contributed by atoms with van der Waals surface area (Å²) in [5, 5.41) is 9.11. The van der Waals surface area contributed by atoms with Crippen LogP contribution >= 0.6 is 24.0 Å². The van der Waals surface area contributed by atoms with Gasteiger partial charge in [0.15, 0.2) is 4.77 Å². The van der Waals surface area contributed by atoms with E-state index in [-0.39, 0.29) is 0 Å². The Morgan fingerprint density at radius 3 is 2.94 bits per heavy atom. The molecule has 0 atom stereocenters. The lowest BCUT2D eigenvalue weighted by Gasteiger charge is -2.13. The molecule has 5 heteroatoms. The Hall–Kier alpha value is -1.25. The number of rotatable bonds is 3. The molecule has 3 nitrogen and oxygen atoms in total. The molecule has 0 amide bonds. The average molecular weight is 275 g/mol. The number of aromatic amines is 1. The van der Waals surface area contributed by atoms with Crippen LogP contribution in [0, 0.1) is 16.1 Å². The number of hydrogen-bond donors (Lipinski definition) is 1. The summed E-state index contributed by atoms with van der Waals surface area (Å²) in [6, 6.07) is 7.97. The Kier molecular flexibility index (Phi) is 2.72. The van der Waals surface area contributed by atoms with Crippen molar-refractivity contribution in [3.63, 3.8) is 0 Å². The van der Waals surface area contributed by atoms with Gasteiger partial charge in [0, 0.05) is 11.3 Å². The van der Waals surface area contributed by atoms with Crippen molar-refractivity contribution >= 4 is 35.0 Å². The second-order valence-electron chi connectivity index (χ2n) is 4.71. The van der Waals surface area contributed by atoms with Crippen LogP contribution in [0.3, 0.4) is 0 Å². The van der Waals surface area contributed by atoms with Gasteiger partial charge in [-0.1, -0.05) is 6.07 Å². The second-order valence-corrected chi connectivity index (χ2v) is 6.38. The Labute approximate surface area is 115 Å². The molecule has 18 heavy (non-hydrogen) atoms. The molecule has 1 aliphatic carbocycles. The van der Waals surface area contributed by atoms with E-state index in [0.29, 0.717) is 15.1 Å². The van der Waals surface area contributed by atoms with Crippen molar-refractivity contribution in [1.29, 1.82) is 5.26 Å². The van der Waals surface area contributed by atoms with Crippen LogP contribution in [0.2, 0.25) is 0 Å². The highest BCUT2D eigenvalue weighted by molar-refractivity contribution is 8.00. The normalized spacial score (nSPS) is 16.7. The van der Waals surface area contributed by atoms with Gasteiger partial charge in [-0.2, -0.15) is 17.0 Å². The van der Waals surface area contributed by atoms with Crippen LogP contribution in [0.1, 0.15) is 18.4 Å². The molecule has 92 valence electrons. The van der Waals surface area contributed by atoms with Crippen LogP contribution in [0.4, 0.5) is 0 Å². The van der Waals surface area contributed by atoms with Crippen molar-refractivity contribution in [3.05, 3.63) is 28.5 Å². The summed E-state index contributed by atoms with van der Waals surface area (Å²) in [7, 11) is 0. The van der Waals surface area contributed by atoms with Gasteiger partial charge in [-0.25, -0.2) is 0 Å². The summed E-state index contributed by atoms with van der Waals surface area (Å²) in [6.07, 6.45) is 4.66. The molecule has 1 fully saturated rings. The number of thioether (sulfide) groups is 1. The molecule has 1 saturated carbocycles. The minimum Gasteiger partial charge on any atom is -0.329 e. The van der Waals surface area contributed by atoms with Crippen LogP contribution < -0.4 is 0 Å². The number of H-pyrrole nitrogens is 1.